The van der Waals surface area contributed by atoms with Gasteiger partial charge in [0.25, 0.3) is 6.43 Å². The molecule has 4 rings (SSSR count). The smallest absolute Gasteiger partial charge is 0.299 e. The Morgan fingerprint density at radius 3 is 2.66 bits per heavy atom. The first kappa shape index (κ1) is 19.6. The summed E-state index contributed by atoms with van der Waals surface area (Å²) in [4.78, 5) is 8.86. The van der Waals surface area contributed by atoms with E-state index < -0.39 is 12.2 Å². The molecule has 1 aliphatic heterocycles. The molecule has 29 heavy (non-hydrogen) atoms. The molecule has 0 N–H and O–H groups in total. The normalized spacial score (nSPS) is 16.7. The van der Waals surface area contributed by atoms with Crippen LogP contribution in [0.5, 0.6) is 0 Å². The second-order valence-corrected chi connectivity index (χ2v) is 8.20. The predicted octanol–water partition coefficient (Wildman–Crippen LogP) is 2.45. The highest BCUT2D eigenvalue weighted by Crippen LogP contribution is 2.21. The van der Waals surface area contributed by atoms with E-state index >= 15 is 0 Å². The van der Waals surface area contributed by atoms with Crippen LogP contribution >= 0.6 is 0 Å². The number of nitrogens with zero attached hydrogens (tertiary/aromatic N) is 8. The van der Waals surface area contributed by atoms with Crippen LogP contribution in [0.4, 0.5) is 14.6 Å². The van der Waals surface area contributed by atoms with Gasteiger partial charge in [0.15, 0.2) is 11.5 Å². The summed E-state index contributed by atoms with van der Waals surface area (Å²) in [5.41, 5.74) is 0.136. The van der Waals surface area contributed by atoms with E-state index in [0.29, 0.717) is 36.3 Å². The largest absolute Gasteiger partial charge is 0.354 e. The summed E-state index contributed by atoms with van der Waals surface area (Å²) < 4.78 is 32.7. The van der Waals surface area contributed by atoms with Crippen LogP contribution in [0.3, 0.4) is 0 Å². The molecule has 9 nitrogen and oxygen atoms in total. The number of alkyl halides is 2. The first-order valence-electron chi connectivity index (χ1n) is 9.62. The van der Waals surface area contributed by atoms with Crippen LogP contribution < -0.4 is 4.90 Å². The Morgan fingerprint density at radius 1 is 1.10 bits per heavy atom. The van der Waals surface area contributed by atoms with Crippen molar-refractivity contribution in [2.45, 2.75) is 45.6 Å². The molecule has 3 aromatic heterocycles. The molecule has 1 saturated heterocycles. The van der Waals surface area contributed by atoms with Crippen LogP contribution in [0.2, 0.25) is 0 Å². The molecule has 0 aliphatic carbocycles. The minimum Gasteiger partial charge on any atom is -0.354 e. The lowest BCUT2D eigenvalue weighted by atomic mass is 9.97. The average molecular weight is 406 g/mol. The monoisotopic (exact) mass is 406 g/mol. The van der Waals surface area contributed by atoms with Crippen molar-refractivity contribution in [2.24, 2.45) is 0 Å². The molecule has 1 fully saturated rings. The number of aromatic nitrogens is 6. The van der Waals surface area contributed by atoms with Crippen molar-refractivity contribution >= 4 is 11.5 Å². The molecule has 0 bridgehead atoms. The third-order valence-electron chi connectivity index (χ3n) is 4.86. The fraction of sp³-hybridized carbons (Fsp3) is 0.611. The lowest BCUT2D eigenvalue weighted by molar-refractivity contribution is 0.137. The van der Waals surface area contributed by atoms with Gasteiger partial charge in [-0.1, -0.05) is 25.9 Å². The number of rotatable bonds is 4. The van der Waals surface area contributed by atoms with Gasteiger partial charge in [0, 0.05) is 31.6 Å². The molecule has 0 atom stereocenters. The van der Waals surface area contributed by atoms with Crippen LogP contribution in [0.25, 0.3) is 5.65 Å². The van der Waals surface area contributed by atoms with Crippen molar-refractivity contribution < 1.29 is 13.3 Å². The summed E-state index contributed by atoms with van der Waals surface area (Å²) in [5, 5.41) is 15.7. The highest BCUT2D eigenvalue weighted by Gasteiger charge is 2.24. The van der Waals surface area contributed by atoms with Crippen LogP contribution in [0.1, 0.15) is 51.2 Å². The highest BCUT2D eigenvalue weighted by molar-refractivity contribution is 5.46. The number of hydrogen-bond acceptors (Lipinski definition) is 8. The molecule has 156 valence electrons. The van der Waals surface area contributed by atoms with E-state index in [2.05, 4.69) is 35.2 Å². The van der Waals surface area contributed by atoms with Gasteiger partial charge in [-0.2, -0.15) is 9.50 Å². The lowest BCUT2D eigenvalue weighted by Crippen LogP contribution is -2.31. The maximum atomic E-state index is 13.1. The molecule has 0 radical (unpaired) electrons. The summed E-state index contributed by atoms with van der Waals surface area (Å²) in [6.07, 6.45) is -1.81. The van der Waals surface area contributed by atoms with Gasteiger partial charge in [-0.3, -0.25) is 4.90 Å². The zero-order valence-electron chi connectivity index (χ0n) is 16.7. The zero-order chi connectivity index (χ0) is 20.6. The van der Waals surface area contributed by atoms with Crippen molar-refractivity contribution in [2.75, 3.05) is 31.1 Å². The number of hydrogen-bond donors (Lipinski definition) is 0. The Kier molecular flexibility index (Phi) is 5.15. The Labute approximate surface area is 166 Å². The fourth-order valence-electron chi connectivity index (χ4n) is 3.28. The van der Waals surface area contributed by atoms with Gasteiger partial charge < -0.3 is 9.42 Å². The summed E-state index contributed by atoms with van der Waals surface area (Å²) in [5.74, 6) is 1.50. The van der Waals surface area contributed by atoms with E-state index in [-0.39, 0.29) is 5.41 Å². The maximum absolute atomic E-state index is 13.1. The Morgan fingerprint density at radius 2 is 1.93 bits per heavy atom. The van der Waals surface area contributed by atoms with Crippen molar-refractivity contribution in [1.29, 1.82) is 0 Å². The SMILES string of the molecule is CC(C)(C)c1nc(CN2CCCN(c3ccc4nnc(C(F)F)n4n3)CC2)no1. The van der Waals surface area contributed by atoms with E-state index in [1.54, 1.807) is 12.1 Å². The van der Waals surface area contributed by atoms with Gasteiger partial charge in [0.2, 0.25) is 11.7 Å². The van der Waals surface area contributed by atoms with Crippen molar-refractivity contribution in [3.63, 3.8) is 0 Å². The molecular formula is C18H24F2N8O. The molecule has 3 aromatic rings. The molecule has 1 aliphatic rings. The summed E-state index contributed by atoms with van der Waals surface area (Å²) in [6, 6.07) is 3.46. The van der Waals surface area contributed by atoms with E-state index in [1.165, 1.54) is 0 Å². The molecule has 0 saturated carbocycles. The first-order valence-corrected chi connectivity index (χ1v) is 9.62. The molecule has 4 heterocycles. The van der Waals surface area contributed by atoms with Crippen LogP contribution in [-0.2, 0) is 12.0 Å². The Balaban J connectivity index is 1.44. The second kappa shape index (κ2) is 7.62. The molecule has 0 unspecified atom stereocenters. The van der Waals surface area contributed by atoms with Gasteiger partial charge in [-0.05, 0) is 18.6 Å². The van der Waals surface area contributed by atoms with Crippen molar-refractivity contribution in [3.05, 3.63) is 29.7 Å². The third-order valence-corrected chi connectivity index (χ3v) is 4.86. The highest BCUT2D eigenvalue weighted by atomic mass is 19.3. The van der Waals surface area contributed by atoms with E-state index in [4.69, 9.17) is 4.52 Å². The van der Waals surface area contributed by atoms with Crippen LogP contribution in [0, 0.1) is 0 Å². The Hall–Kier alpha value is -2.69. The molecule has 0 amide bonds. The van der Waals surface area contributed by atoms with E-state index in [9.17, 15) is 8.78 Å². The number of halogens is 2. The van der Waals surface area contributed by atoms with Gasteiger partial charge in [0.1, 0.15) is 5.82 Å². The third kappa shape index (κ3) is 4.19. The minimum absolute atomic E-state index is 0.176. The quantitative estimate of drug-likeness (QED) is 0.653. The van der Waals surface area contributed by atoms with E-state index in [1.807, 2.05) is 20.8 Å². The molecule has 0 aromatic carbocycles. The summed E-state index contributed by atoms with van der Waals surface area (Å²) in [7, 11) is 0. The van der Waals surface area contributed by atoms with Crippen molar-refractivity contribution in [1.82, 2.24) is 34.9 Å². The van der Waals surface area contributed by atoms with Gasteiger partial charge >= 0.3 is 0 Å². The second-order valence-electron chi connectivity index (χ2n) is 8.20. The molecule has 11 heteroatoms. The zero-order valence-corrected chi connectivity index (χ0v) is 16.7. The molecular weight excluding hydrogens is 382 g/mol. The predicted molar refractivity (Wildman–Crippen MR) is 101 cm³/mol. The van der Waals surface area contributed by atoms with E-state index in [0.717, 1.165) is 30.6 Å². The van der Waals surface area contributed by atoms with Crippen LogP contribution in [0.15, 0.2) is 16.7 Å². The van der Waals surface area contributed by atoms with Crippen LogP contribution in [-0.4, -0.2) is 61.0 Å². The van der Waals surface area contributed by atoms with Crippen molar-refractivity contribution in [3.8, 4) is 0 Å². The van der Waals surface area contributed by atoms with Gasteiger partial charge in [-0.15, -0.1) is 15.3 Å². The molecule has 0 spiro atoms. The maximum Gasteiger partial charge on any atom is 0.299 e. The van der Waals surface area contributed by atoms with Gasteiger partial charge in [-0.25, -0.2) is 8.78 Å². The topological polar surface area (TPSA) is 88.5 Å². The fourth-order valence-corrected chi connectivity index (χ4v) is 3.28. The standard InChI is InChI=1S/C18H24F2N8O/c1-18(2,3)17-21-12(25-29-17)11-26-7-4-8-27(10-9-26)14-6-5-13-22-23-16(15(19)20)28(13)24-14/h5-6,15H,4,7-11H2,1-3H3. The first-order chi connectivity index (χ1) is 13.8. The number of fused-ring (bicyclic) bond motifs is 1. The summed E-state index contributed by atoms with van der Waals surface area (Å²) >= 11 is 0. The van der Waals surface area contributed by atoms with Gasteiger partial charge in [0.05, 0.1) is 6.54 Å². The minimum atomic E-state index is -2.72. The number of anilines is 1. The Bertz CT molecular complexity index is 980. The lowest BCUT2D eigenvalue weighted by Gasteiger charge is -2.22. The summed E-state index contributed by atoms with van der Waals surface area (Å²) in [6.45, 7) is 9.87. The average Bonchev–Trinajstić information content (AvgIpc) is 3.24.